The van der Waals surface area contributed by atoms with E-state index in [1.54, 1.807) is 7.11 Å². The maximum Gasteiger partial charge on any atom is 0.192 e. The molecule has 0 unspecified atom stereocenters. The van der Waals surface area contributed by atoms with Crippen molar-refractivity contribution >= 4 is 22.9 Å². The number of rotatable bonds is 19. The van der Waals surface area contributed by atoms with Crippen LogP contribution in [0.2, 0.25) is 36.3 Å². The van der Waals surface area contributed by atoms with E-state index in [-0.39, 0.29) is 36.3 Å². The lowest BCUT2D eigenvalue weighted by molar-refractivity contribution is -0.328. The van der Waals surface area contributed by atoms with E-state index in [0.717, 1.165) is 42.6 Å². The van der Waals surface area contributed by atoms with Crippen molar-refractivity contribution in [1.82, 2.24) is 0 Å². The molecular weight excluding hydrogens is 537 g/mol. The molecule has 0 spiro atoms. The van der Waals surface area contributed by atoms with Gasteiger partial charge in [-0.1, -0.05) is 75.3 Å². The second-order valence-corrected chi connectivity index (χ2v) is 22.6. The fourth-order valence-electron chi connectivity index (χ4n) is 6.32. The van der Waals surface area contributed by atoms with E-state index in [9.17, 15) is 4.79 Å². The summed E-state index contributed by atoms with van der Waals surface area (Å²) in [6, 6.07) is 6.04. The van der Waals surface area contributed by atoms with Gasteiger partial charge in [-0.05, 0) is 50.1 Å². The van der Waals surface area contributed by atoms with E-state index in [0.29, 0.717) is 6.42 Å². The Morgan fingerprint density at radius 1 is 0.925 bits per heavy atom. The van der Waals surface area contributed by atoms with Gasteiger partial charge in [-0.2, -0.15) is 0 Å². The van der Waals surface area contributed by atoms with Crippen LogP contribution >= 0.6 is 0 Å². The van der Waals surface area contributed by atoms with Gasteiger partial charge < -0.3 is 27.9 Å². The van der Waals surface area contributed by atoms with Crippen LogP contribution in [0.4, 0.5) is 0 Å². The lowest BCUT2D eigenvalue weighted by Crippen LogP contribution is -2.60. The van der Waals surface area contributed by atoms with E-state index >= 15 is 0 Å². The summed E-state index contributed by atoms with van der Waals surface area (Å²) in [6.45, 7) is 29.8. The van der Waals surface area contributed by atoms with E-state index in [1.165, 1.54) is 0 Å². The summed E-state index contributed by atoms with van der Waals surface area (Å²) in [4.78, 5) is 12.7. The Bertz CT molecular complexity index is 748. The van der Waals surface area contributed by atoms with E-state index in [2.05, 4.69) is 62.0 Å². The summed E-state index contributed by atoms with van der Waals surface area (Å²) < 4.78 is 33.9. The van der Waals surface area contributed by atoms with Crippen molar-refractivity contribution in [2.45, 2.75) is 162 Å². The Balaban J connectivity index is 3.71. The number of carbonyl (C=O) groups excluding carboxylic acids is 1. The first kappa shape index (κ1) is 37.7. The third-order valence-electron chi connectivity index (χ3n) is 9.95. The smallest absolute Gasteiger partial charge is 0.192 e. The average molecular weight is 601 g/mol. The summed E-state index contributed by atoms with van der Waals surface area (Å²) in [5, 5.41) is 0. The van der Waals surface area contributed by atoms with Crippen LogP contribution in [0.3, 0.4) is 0 Å². The molecule has 0 saturated carbocycles. The minimum absolute atomic E-state index is 0.0164. The van der Waals surface area contributed by atoms with Crippen molar-refractivity contribution in [3.05, 3.63) is 12.7 Å². The molecule has 0 radical (unpaired) electrons. The molecule has 0 N–H and O–H groups in total. The summed E-state index contributed by atoms with van der Waals surface area (Å²) in [5.74, 6) is -0.419. The van der Waals surface area contributed by atoms with Gasteiger partial charge in [0.15, 0.2) is 22.4 Å². The molecule has 7 atom stereocenters. The first-order chi connectivity index (χ1) is 18.6. The summed E-state index contributed by atoms with van der Waals surface area (Å²) in [7, 11) is -2.44. The van der Waals surface area contributed by atoms with Gasteiger partial charge in [-0.15, -0.1) is 6.58 Å². The maximum atomic E-state index is 12.7. The van der Waals surface area contributed by atoms with Crippen molar-refractivity contribution in [3.8, 4) is 0 Å². The number of ether oxygens (including phenoxy) is 3. The molecule has 0 amide bonds. The Kier molecular flexibility index (Phi) is 15.0. The van der Waals surface area contributed by atoms with Gasteiger partial charge >= 0.3 is 0 Å². The van der Waals surface area contributed by atoms with Crippen LogP contribution in [0.25, 0.3) is 0 Å². The molecule has 0 aromatic rings. The lowest BCUT2D eigenvalue weighted by atomic mass is 9.80. The Morgan fingerprint density at radius 3 is 1.80 bits per heavy atom. The van der Waals surface area contributed by atoms with Crippen molar-refractivity contribution in [2.75, 3.05) is 7.11 Å². The molecule has 6 nitrogen and oxygen atoms in total. The normalized spacial score (nSPS) is 25.2. The second kappa shape index (κ2) is 15.9. The molecular formula is C32H64O6Si2. The third kappa shape index (κ3) is 9.07. The zero-order valence-corrected chi connectivity index (χ0v) is 30.3. The number of methoxy groups -OCH3 is 1. The van der Waals surface area contributed by atoms with Gasteiger partial charge in [0.25, 0.3) is 0 Å². The van der Waals surface area contributed by atoms with Crippen LogP contribution < -0.4 is 0 Å². The highest BCUT2D eigenvalue weighted by Gasteiger charge is 2.50. The predicted octanol–water partition coefficient (Wildman–Crippen LogP) is 8.38. The van der Waals surface area contributed by atoms with E-state index in [4.69, 9.17) is 23.1 Å². The first-order valence-electron chi connectivity index (χ1n) is 16.0. The Hall–Kier alpha value is -0.356. The van der Waals surface area contributed by atoms with Gasteiger partial charge in [0.05, 0.1) is 30.5 Å². The molecule has 0 bridgehead atoms. The lowest BCUT2D eigenvalue weighted by Gasteiger charge is -2.50. The number of hydrogen-bond acceptors (Lipinski definition) is 6. The SMILES string of the molecule is C=C[C@@H](C)[C@H]1OC(C)(C)O[C@@H](C[C@H](OC)[C@@H](O[Si](CC)(CC)CC)[C@H](O[Si](CC)(CC)CC)C(C)(C)C=O)[C@@H]1C. The first-order valence-corrected chi connectivity index (χ1v) is 21.0. The van der Waals surface area contributed by atoms with Crippen molar-refractivity contribution < 1.29 is 27.9 Å². The van der Waals surface area contributed by atoms with Gasteiger partial charge in [0, 0.05) is 30.8 Å². The molecule has 1 aliphatic rings. The number of hydrogen-bond donors (Lipinski definition) is 0. The maximum absolute atomic E-state index is 12.7. The summed E-state index contributed by atoms with van der Waals surface area (Å²) >= 11 is 0. The van der Waals surface area contributed by atoms with E-state index in [1.807, 2.05) is 33.8 Å². The molecule has 0 aromatic heterocycles. The summed E-state index contributed by atoms with van der Waals surface area (Å²) in [5.41, 5.74) is -0.740. The van der Waals surface area contributed by atoms with Gasteiger partial charge in [0.1, 0.15) is 6.29 Å². The van der Waals surface area contributed by atoms with Crippen molar-refractivity contribution in [2.24, 2.45) is 17.3 Å². The molecule has 1 fully saturated rings. The highest BCUT2D eigenvalue weighted by atomic mass is 28.4. The zero-order chi connectivity index (χ0) is 30.9. The van der Waals surface area contributed by atoms with Gasteiger partial charge in [-0.25, -0.2) is 0 Å². The average Bonchev–Trinajstić information content (AvgIpc) is 2.95. The predicted molar refractivity (Wildman–Crippen MR) is 172 cm³/mol. The Morgan fingerprint density at radius 2 is 1.40 bits per heavy atom. The highest BCUT2D eigenvalue weighted by molar-refractivity contribution is 6.74. The molecule has 1 heterocycles. The van der Waals surface area contributed by atoms with Crippen molar-refractivity contribution in [1.29, 1.82) is 0 Å². The summed E-state index contributed by atoms with van der Waals surface area (Å²) in [6.07, 6.45) is 2.42. The van der Waals surface area contributed by atoms with E-state index < -0.39 is 33.9 Å². The molecule has 0 aromatic carbocycles. The highest BCUT2D eigenvalue weighted by Crippen LogP contribution is 2.41. The molecule has 8 heteroatoms. The van der Waals surface area contributed by atoms with Crippen LogP contribution in [-0.2, 0) is 27.9 Å². The minimum Gasteiger partial charge on any atom is -0.410 e. The van der Waals surface area contributed by atoms with Crippen LogP contribution in [0.1, 0.15) is 89.5 Å². The third-order valence-corrected chi connectivity index (χ3v) is 19.2. The van der Waals surface area contributed by atoms with Crippen LogP contribution in [0.5, 0.6) is 0 Å². The monoisotopic (exact) mass is 600 g/mol. The fourth-order valence-corrected chi connectivity index (χ4v) is 12.2. The van der Waals surface area contributed by atoms with Crippen LogP contribution in [0, 0.1) is 17.3 Å². The van der Waals surface area contributed by atoms with Crippen LogP contribution in [0.15, 0.2) is 12.7 Å². The molecule has 1 rings (SSSR count). The molecule has 0 aliphatic carbocycles. The van der Waals surface area contributed by atoms with Gasteiger partial charge in [0.2, 0.25) is 0 Å². The molecule has 1 aliphatic heterocycles. The van der Waals surface area contributed by atoms with Crippen LogP contribution in [-0.4, -0.2) is 66.3 Å². The topological polar surface area (TPSA) is 63.2 Å². The van der Waals surface area contributed by atoms with Crippen molar-refractivity contribution in [3.63, 3.8) is 0 Å². The molecule has 1 saturated heterocycles. The number of carbonyl (C=O) groups is 1. The zero-order valence-electron chi connectivity index (χ0n) is 28.3. The number of aldehydes is 1. The second-order valence-electron chi connectivity index (χ2n) is 13.1. The Labute approximate surface area is 249 Å². The standard InChI is InChI=1S/C32H64O6Si2/c1-15-24(8)28-25(9)26(35-32(12,13)36-28)22-27(34-14)29(37-39(16-2,17-3)18-4)30(31(10,11)23-33)38-40(19-5,20-6)21-7/h15,23-30H,1,16-22H2,2-14H3/t24-,25+,26+,27+,28-,29-,30+/m1/s1. The quantitative estimate of drug-likeness (QED) is 0.0843. The molecule has 236 valence electrons. The minimum atomic E-state index is -2.11. The molecule has 40 heavy (non-hydrogen) atoms. The van der Waals surface area contributed by atoms with Gasteiger partial charge in [-0.3, -0.25) is 0 Å². The largest absolute Gasteiger partial charge is 0.410 e. The fraction of sp³-hybridized carbons (Fsp3) is 0.906.